The number of ether oxygens (including phenoxy) is 2. The Labute approximate surface area is 167 Å². The zero-order valence-electron chi connectivity index (χ0n) is 15.7. The van der Waals surface area contributed by atoms with Gasteiger partial charge in [0.05, 0.1) is 32.0 Å². The van der Waals surface area contributed by atoms with Crippen molar-refractivity contribution in [2.45, 2.75) is 19.0 Å². The Bertz CT molecular complexity index is 1020. The van der Waals surface area contributed by atoms with Crippen molar-refractivity contribution in [3.8, 4) is 22.1 Å². The summed E-state index contributed by atoms with van der Waals surface area (Å²) in [4.78, 5) is 18.8. The fourth-order valence-electron chi connectivity index (χ4n) is 3.55. The van der Waals surface area contributed by atoms with E-state index in [0.717, 1.165) is 33.3 Å². The van der Waals surface area contributed by atoms with Crippen LogP contribution in [-0.2, 0) is 17.8 Å². The number of nitrogens with two attached hydrogens (primary N) is 1. The van der Waals surface area contributed by atoms with E-state index in [1.165, 1.54) is 0 Å². The number of aromatic nitrogens is 1. The minimum absolute atomic E-state index is 0.316. The van der Waals surface area contributed by atoms with E-state index in [1.807, 2.05) is 52.7 Å². The molecule has 0 fully saturated rings. The third-order valence-corrected chi connectivity index (χ3v) is 5.87. The van der Waals surface area contributed by atoms with Crippen molar-refractivity contribution in [2.24, 2.45) is 5.73 Å². The molecule has 4 rings (SSSR count). The lowest BCUT2D eigenvalue weighted by Gasteiger charge is -2.24. The van der Waals surface area contributed by atoms with Crippen molar-refractivity contribution in [1.82, 2.24) is 4.98 Å². The molecule has 1 aromatic heterocycles. The summed E-state index contributed by atoms with van der Waals surface area (Å²) in [6.45, 7) is 0.527. The van der Waals surface area contributed by atoms with Crippen molar-refractivity contribution in [3.05, 3.63) is 59.1 Å². The molecular weight excluding hydrogens is 374 g/mol. The van der Waals surface area contributed by atoms with E-state index in [-0.39, 0.29) is 11.9 Å². The predicted octanol–water partition coefficient (Wildman–Crippen LogP) is 3.24. The van der Waals surface area contributed by atoms with E-state index < -0.39 is 0 Å². The molecule has 6 nitrogen and oxygen atoms in total. The van der Waals surface area contributed by atoms with Crippen LogP contribution in [0, 0.1) is 0 Å². The maximum Gasteiger partial charge on any atom is 0.240 e. The van der Waals surface area contributed by atoms with Gasteiger partial charge in [-0.3, -0.25) is 4.79 Å². The highest BCUT2D eigenvalue weighted by Crippen LogP contribution is 2.37. The fourth-order valence-corrected chi connectivity index (χ4v) is 4.39. The zero-order chi connectivity index (χ0) is 19.7. The SMILES string of the molecule is COc1ccc(-c2nc(CN3c4ccccc4C[C@H]3C(N)=O)cs2)c(OC)c1. The average Bonchev–Trinajstić information content (AvgIpc) is 3.33. The largest absolute Gasteiger partial charge is 0.497 e. The number of para-hydroxylation sites is 1. The monoisotopic (exact) mass is 395 g/mol. The van der Waals surface area contributed by atoms with E-state index >= 15 is 0 Å². The van der Waals surface area contributed by atoms with Crippen LogP contribution in [0.4, 0.5) is 5.69 Å². The fraction of sp³-hybridized carbons (Fsp3) is 0.238. The summed E-state index contributed by atoms with van der Waals surface area (Å²) in [5.41, 5.74) is 9.64. The summed E-state index contributed by atoms with van der Waals surface area (Å²) in [6, 6.07) is 13.4. The van der Waals surface area contributed by atoms with Gasteiger partial charge in [-0.1, -0.05) is 18.2 Å². The number of rotatable bonds is 6. The molecule has 0 radical (unpaired) electrons. The number of fused-ring (bicyclic) bond motifs is 1. The second kappa shape index (κ2) is 7.52. The summed E-state index contributed by atoms with van der Waals surface area (Å²) in [5, 5.41) is 2.87. The van der Waals surface area contributed by atoms with Crippen LogP contribution in [0.3, 0.4) is 0 Å². The van der Waals surface area contributed by atoms with E-state index in [4.69, 9.17) is 20.2 Å². The van der Waals surface area contributed by atoms with Gasteiger partial charge < -0.3 is 20.1 Å². The molecule has 2 N–H and O–H groups in total. The number of benzene rings is 2. The van der Waals surface area contributed by atoms with Gasteiger partial charge in [-0.15, -0.1) is 11.3 Å². The first-order valence-corrected chi connectivity index (χ1v) is 9.79. The summed E-state index contributed by atoms with van der Waals surface area (Å²) >= 11 is 1.55. The number of anilines is 1. The van der Waals surface area contributed by atoms with E-state index in [0.29, 0.717) is 18.7 Å². The molecule has 0 bridgehead atoms. The summed E-state index contributed by atoms with van der Waals surface area (Å²) < 4.78 is 10.8. The Balaban J connectivity index is 1.63. The van der Waals surface area contributed by atoms with Gasteiger partial charge in [0.15, 0.2) is 0 Å². The highest BCUT2D eigenvalue weighted by molar-refractivity contribution is 7.13. The number of hydrogen-bond acceptors (Lipinski definition) is 6. The Kier molecular flexibility index (Phi) is 4.92. The molecule has 0 spiro atoms. The smallest absolute Gasteiger partial charge is 0.240 e. The molecule has 2 heterocycles. The number of hydrogen-bond donors (Lipinski definition) is 1. The maximum atomic E-state index is 12.0. The molecule has 1 aliphatic rings. The number of carbonyl (C=O) groups is 1. The number of methoxy groups -OCH3 is 2. The first-order chi connectivity index (χ1) is 13.6. The van der Waals surface area contributed by atoms with E-state index in [2.05, 4.69) is 0 Å². The van der Waals surface area contributed by atoms with Gasteiger partial charge in [0.2, 0.25) is 5.91 Å². The topological polar surface area (TPSA) is 77.7 Å². The predicted molar refractivity (Wildman–Crippen MR) is 110 cm³/mol. The molecule has 0 saturated carbocycles. The van der Waals surface area contributed by atoms with Gasteiger partial charge in [0, 0.05) is 23.6 Å². The third kappa shape index (κ3) is 3.29. The van der Waals surface area contributed by atoms with Crippen LogP contribution in [0.15, 0.2) is 47.8 Å². The molecule has 1 atom stereocenters. The van der Waals surface area contributed by atoms with Crippen molar-refractivity contribution in [3.63, 3.8) is 0 Å². The van der Waals surface area contributed by atoms with Gasteiger partial charge in [-0.05, 0) is 23.8 Å². The van der Waals surface area contributed by atoms with Gasteiger partial charge >= 0.3 is 0 Å². The molecule has 2 aromatic carbocycles. The summed E-state index contributed by atoms with van der Waals surface area (Å²) in [6.07, 6.45) is 0.634. The van der Waals surface area contributed by atoms with Gasteiger partial charge in [-0.25, -0.2) is 4.98 Å². The highest BCUT2D eigenvalue weighted by atomic mass is 32.1. The molecule has 3 aromatic rings. The van der Waals surface area contributed by atoms with Crippen LogP contribution in [0.2, 0.25) is 0 Å². The number of thiazole rings is 1. The minimum atomic E-state index is -0.349. The van der Waals surface area contributed by atoms with Crippen molar-refractivity contribution < 1.29 is 14.3 Å². The Morgan fingerprint density at radius 3 is 2.82 bits per heavy atom. The Hall–Kier alpha value is -3.06. The lowest BCUT2D eigenvalue weighted by Crippen LogP contribution is -2.42. The van der Waals surface area contributed by atoms with E-state index in [1.54, 1.807) is 25.6 Å². The maximum absolute atomic E-state index is 12.0. The van der Waals surface area contributed by atoms with Crippen molar-refractivity contribution in [2.75, 3.05) is 19.1 Å². The van der Waals surface area contributed by atoms with Crippen LogP contribution in [0.5, 0.6) is 11.5 Å². The van der Waals surface area contributed by atoms with Crippen LogP contribution < -0.4 is 20.1 Å². The Morgan fingerprint density at radius 1 is 1.25 bits per heavy atom. The van der Waals surface area contributed by atoms with Crippen LogP contribution >= 0.6 is 11.3 Å². The molecule has 1 aliphatic heterocycles. The third-order valence-electron chi connectivity index (χ3n) is 4.94. The Morgan fingerprint density at radius 2 is 2.07 bits per heavy atom. The highest BCUT2D eigenvalue weighted by Gasteiger charge is 2.33. The second-order valence-electron chi connectivity index (χ2n) is 6.59. The zero-order valence-corrected chi connectivity index (χ0v) is 16.5. The van der Waals surface area contributed by atoms with Gasteiger partial charge in [0.25, 0.3) is 0 Å². The first kappa shape index (κ1) is 18.3. The number of nitrogens with zero attached hydrogens (tertiary/aromatic N) is 2. The first-order valence-electron chi connectivity index (χ1n) is 8.91. The van der Waals surface area contributed by atoms with E-state index in [9.17, 15) is 4.79 Å². The van der Waals surface area contributed by atoms with Crippen molar-refractivity contribution in [1.29, 1.82) is 0 Å². The molecule has 0 aliphatic carbocycles. The quantitative estimate of drug-likeness (QED) is 0.693. The molecule has 0 saturated heterocycles. The number of primary amides is 1. The van der Waals surface area contributed by atoms with Crippen molar-refractivity contribution >= 4 is 22.9 Å². The molecule has 28 heavy (non-hydrogen) atoms. The second-order valence-corrected chi connectivity index (χ2v) is 7.45. The van der Waals surface area contributed by atoms with Crippen LogP contribution in [-0.4, -0.2) is 31.2 Å². The number of amides is 1. The normalized spacial score (nSPS) is 15.4. The van der Waals surface area contributed by atoms with Crippen LogP contribution in [0.1, 0.15) is 11.3 Å². The molecule has 0 unspecified atom stereocenters. The summed E-state index contributed by atoms with van der Waals surface area (Å²) in [7, 11) is 3.25. The lowest BCUT2D eigenvalue weighted by molar-refractivity contribution is -0.119. The van der Waals surface area contributed by atoms with Gasteiger partial charge in [-0.2, -0.15) is 0 Å². The lowest BCUT2D eigenvalue weighted by atomic mass is 10.1. The number of carbonyl (C=O) groups excluding carboxylic acids is 1. The molecule has 7 heteroatoms. The summed E-state index contributed by atoms with van der Waals surface area (Å²) in [5.74, 6) is 1.13. The standard InChI is InChI=1S/C21H21N3O3S/c1-26-15-7-8-16(19(10-15)27-2)21-23-14(12-28-21)11-24-17-6-4-3-5-13(17)9-18(24)20(22)25/h3-8,10,12,18H,9,11H2,1-2H3,(H2,22,25)/t18-/m0/s1. The molecule has 144 valence electrons. The minimum Gasteiger partial charge on any atom is -0.497 e. The van der Waals surface area contributed by atoms with Gasteiger partial charge in [0.1, 0.15) is 22.5 Å². The van der Waals surface area contributed by atoms with Crippen LogP contribution in [0.25, 0.3) is 10.6 Å². The molecular formula is C21H21N3O3S. The average molecular weight is 395 g/mol. The molecule has 1 amide bonds.